The fourth-order valence-electron chi connectivity index (χ4n) is 3.42. The first-order valence-electron chi connectivity index (χ1n) is 9.71. The molecule has 0 aliphatic heterocycles. The lowest BCUT2D eigenvalue weighted by Crippen LogP contribution is -2.26. The summed E-state index contributed by atoms with van der Waals surface area (Å²) in [5.41, 5.74) is 1.18. The number of halogens is 2. The zero-order chi connectivity index (χ0) is 23.7. The summed E-state index contributed by atoms with van der Waals surface area (Å²) in [6.07, 6.45) is 0. The van der Waals surface area contributed by atoms with Crippen molar-refractivity contribution < 1.29 is 20.1 Å². The Kier molecular flexibility index (Phi) is 6.13. The number of phenolic OH excluding ortho intramolecular Hbond substituents is 2. The summed E-state index contributed by atoms with van der Waals surface area (Å²) in [6, 6.07) is 15.6. The third-order valence-electron chi connectivity index (χ3n) is 4.98. The molecule has 0 bridgehead atoms. The molecule has 1 heterocycles. The molecule has 1 aromatic heterocycles. The highest BCUT2D eigenvalue weighted by atomic mass is 35.5. The van der Waals surface area contributed by atoms with E-state index >= 15 is 0 Å². The van der Waals surface area contributed by atoms with E-state index in [4.69, 9.17) is 23.2 Å². The number of amides is 1. The number of aromatic hydroxyl groups is 3. The van der Waals surface area contributed by atoms with Crippen LogP contribution in [0.25, 0.3) is 17.1 Å². The third-order valence-corrected chi connectivity index (χ3v) is 5.53. The van der Waals surface area contributed by atoms with Crippen molar-refractivity contribution in [2.75, 3.05) is 7.05 Å². The van der Waals surface area contributed by atoms with Crippen LogP contribution in [0.15, 0.2) is 60.7 Å². The SMILES string of the molecule is CN(Cc1cccc(Cl)c1)C(=O)c1cc(-c2nnc(O)n2-c2ccccc2Cl)c(O)cc1O. The highest BCUT2D eigenvalue weighted by Crippen LogP contribution is 2.38. The van der Waals surface area contributed by atoms with Crippen LogP contribution >= 0.6 is 23.2 Å². The molecule has 0 aliphatic rings. The van der Waals surface area contributed by atoms with Crippen molar-refractivity contribution in [3.8, 4) is 34.6 Å². The van der Waals surface area contributed by atoms with Gasteiger partial charge in [-0.05, 0) is 35.9 Å². The fourth-order valence-corrected chi connectivity index (χ4v) is 3.85. The summed E-state index contributed by atoms with van der Waals surface area (Å²) >= 11 is 12.3. The quantitative estimate of drug-likeness (QED) is 0.380. The van der Waals surface area contributed by atoms with E-state index in [1.807, 2.05) is 6.07 Å². The molecular formula is C23H18Cl2N4O4. The molecule has 10 heteroatoms. The third kappa shape index (κ3) is 4.44. The number of carbonyl (C=O) groups excluding carboxylic acids is 1. The van der Waals surface area contributed by atoms with Gasteiger partial charge in [-0.2, -0.15) is 0 Å². The number of aromatic nitrogens is 3. The molecule has 0 saturated carbocycles. The predicted molar refractivity (Wildman–Crippen MR) is 124 cm³/mol. The maximum absolute atomic E-state index is 13.1. The van der Waals surface area contributed by atoms with E-state index in [0.29, 0.717) is 15.7 Å². The van der Waals surface area contributed by atoms with Crippen LogP contribution in [0.1, 0.15) is 15.9 Å². The largest absolute Gasteiger partial charge is 0.507 e. The van der Waals surface area contributed by atoms with Crippen LogP contribution in [0.4, 0.5) is 0 Å². The number of carbonyl (C=O) groups is 1. The molecule has 3 aromatic carbocycles. The zero-order valence-electron chi connectivity index (χ0n) is 17.3. The molecule has 0 fully saturated rings. The summed E-state index contributed by atoms with van der Waals surface area (Å²) < 4.78 is 1.23. The van der Waals surface area contributed by atoms with Crippen LogP contribution in [0.5, 0.6) is 17.5 Å². The van der Waals surface area contributed by atoms with Gasteiger partial charge in [-0.3, -0.25) is 4.79 Å². The number of para-hydroxylation sites is 1. The predicted octanol–water partition coefficient (Wildman–Crippen LogP) is 4.63. The molecule has 0 atom stereocenters. The van der Waals surface area contributed by atoms with Crippen molar-refractivity contribution in [3.05, 3.63) is 81.8 Å². The van der Waals surface area contributed by atoms with Gasteiger partial charge in [0.05, 0.1) is 21.8 Å². The minimum Gasteiger partial charge on any atom is -0.507 e. The molecule has 0 aliphatic carbocycles. The Morgan fingerprint density at radius 3 is 2.45 bits per heavy atom. The van der Waals surface area contributed by atoms with Gasteiger partial charge in [0.1, 0.15) is 11.5 Å². The first-order valence-corrected chi connectivity index (χ1v) is 10.5. The average molecular weight is 485 g/mol. The van der Waals surface area contributed by atoms with E-state index in [-0.39, 0.29) is 29.2 Å². The van der Waals surface area contributed by atoms with Gasteiger partial charge in [-0.25, -0.2) is 4.57 Å². The first-order chi connectivity index (χ1) is 15.8. The minimum atomic E-state index is -0.498. The second-order valence-electron chi connectivity index (χ2n) is 7.29. The smallest absolute Gasteiger partial charge is 0.319 e. The van der Waals surface area contributed by atoms with E-state index in [9.17, 15) is 20.1 Å². The van der Waals surface area contributed by atoms with Gasteiger partial charge in [0.2, 0.25) is 0 Å². The highest BCUT2D eigenvalue weighted by molar-refractivity contribution is 6.32. The van der Waals surface area contributed by atoms with Crippen LogP contribution in [0, 0.1) is 0 Å². The molecule has 0 spiro atoms. The molecule has 33 heavy (non-hydrogen) atoms. The Morgan fingerprint density at radius 2 is 1.73 bits per heavy atom. The van der Waals surface area contributed by atoms with Crippen LogP contribution in [-0.2, 0) is 6.54 Å². The summed E-state index contributed by atoms with van der Waals surface area (Å²) in [5, 5.41) is 39.6. The fraction of sp³-hybridized carbons (Fsp3) is 0.0870. The van der Waals surface area contributed by atoms with E-state index in [1.165, 1.54) is 15.5 Å². The Labute approximate surface area is 198 Å². The maximum atomic E-state index is 13.1. The van der Waals surface area contributed by atoms with Gasteiger partial charge in [0, 0.05) is 24.7 Å². The Balaban J connectivity index is 1.75. The van der Waals surface area contributed by atoms with E-state index in [0.717, 1.165) is 11.6 Å². The lowest BCUT2D eigenvalue weighted by atomic mass is 10.1. The Hall–Kier alpha value is -3.75. The van der Waals surface area contributed by atoms with Gasteiger partial charge in [-0.15, -0.1) is 5.10 Å². The van der Waals surface area contributed by atoms with Crippen LogP contribution in [-0.4, -0.2) is 47.9 Å². The number of benzene rings is 3. The highest BCUT2D eigenvalue weighted by Gasteiger charge is 2.24. The van der Waals surface area contributed by atoms with Crippen molar-refractivity contribution in [2.24, 2.45) is 0 Å². The van der Waals surface area contributed by atoms with Gasteiger partial charge in [0.15, 0.2) is 5.82 Å². The van der Waals surface area contributed by atoms with Gasteiger partial charge in [0.25, 0.3) is 5.91 Å². The van der Waals surface area contributed by atoms with Crippen molar-refractivity contribution in [3.63, 3.8) is 0 Å². The molecule has 4 aromatic rings. The van der Waals surface area contributed by atoms with Crippen molar-refractivity contribution >= 4 is 29.1 Å². The Morgan fingerprint density at radius 1 is 0.970 bits per heavy atom. The maximum Gasteiger partial charge on any atom is 0.319 e. The van der Waals surface area contributed by atoms with Crippen LogP contribution < -0.4 is 0 Å². The number of nitrogens with zero attached hydrogens (tertiary/aromatic N) is 4. The standard InChI is InChI=1S/C23H18Cl2N4O4/c1-28(12-13-5-4-6-14(24)9-13)22(32)16-10-15(19(30)11-20(16)31)21-26-27-23(33)29(21)18-8-3-2-7-17(18)25/h2-11,30-31H,12H2,1H3,(H,27,33). The van der Waals surface area contributed by atoms with Crippen molar-refractivity contribution in [2.45, 2.75) is 6.54 Å². The second kappa shape index (κ2) is 9.01. The number of phenols is 2. The molecule has 1 amide bonds. The number of hydrogen-bond donors (Lipinski definition) is 3. The lowest BCUT2D eigenvalue weighted by Gasteiger charge is -2.19. The monoisotopic (exact) mass is 484 g/mol. The van der Waals surface area contributed by atoms with E-state index < -0.39 is 17.7 Å². The molecule has 0 unspecified atom stereocenters. The molecule has 3 N–H and O–H groups in total. The number of rotatable bonds is 5. The Bertz CT molecular complexity index is 1360. The molecule has 168 valence electrons. The molecule has 0 radical (unpaired) electrons. The summed E-state index contributed by atoms with van der Waals surface area (Å²) in [6.45, 7) is 0.242. The summed E-state index contributed by atoms with van der Waals surface area (Å²) in [4.78, 5) is 14.5. The molecule has 4 rings (SSSR count). The minimum absolute atomic E-state index is 0.0321. The summed E-state index contributed by atoms with van der Waals surface area (Å²) in [5.74, 6) is -1.24. The molecule has 8 nitrogen and oxygen atoms in total. The van der Waals surface area contributed by atoms with E-state index in [1.54, 1.807) is 49.5 Å². The molecule has 0 saturated heterocycles. The molecular weight excluding hydrogens is 467 g/mol. The summed E-state index contributed by atoms with van der Waals surface area (Å²) in [7, 11) is 1.58. The average Bonchev–Trinajstić information content (AvgIpc) is 3.14. The van der Waals surface area contributed by atoms with Gasteiger partial charge in [-0.1, -0.05) is 52.6 Å². The van der Waals surface area contributed by atoms with Gasteiger partial charge < -0.3 is 20.2 Å². The normalized spacial score (nSPS) is 10.9. The lowest BCUT2D eigenvalue weighted by molar-refractivity contribution is 0.0782. The topological polar surface area (TPSA) is 112 Å². The van der Waals surface area contributed by atoms with Crippen molar-refractivity contribution in [1.82, 2.24) is 19.7 Å². The second-order valence-corrected chi connectivity index (χ2v) is 8.13. The van der Waals surface area contributed by atoms with Crippen LogP contribution in [0.3, 0.4) is 0 Å². The number of hydrogen-bond acceptors (Lipinski definition) is 6. The van der Waals surface area contributed by atoms with E-state index in [2.05, 4.69) is 10.2 Å². The van der Waals surface area contributed by atoms with Gasteiger partial charge >= 0.3 is 6.01 Å². The first kappa shape index (κ1) is 22.4. The van der Waals surface area contributed by atoms with Crippen LogP contribution in [0.2, 0.25) is 10.0 Å². The van der Waals surface area contributed by atoms with Crippen molar-refractivity contribution in [1.29, 1.82) is 0 Å². The zero-order valence-corrected chi connectivity index (χ0v) is 18.8.